The zero-order chi connectivity index (χ0) is 17.4. The van der Waals surface area contributed by atoms with E-state index >= 15 is 0 Å². The summed E-state index contributed by atoms with van der Waals surface area (Å²) in [6, 6.07) is 13.4. The lowest BCUT2D eigenvalue weighted by Crippen LogP contribution is -2.32. The summed E-state index contributed by atoms with van der Waals surface area (Å²) in [7, 11) is 0. The predicted molar refractivity (Wildman–Crippen MR) is 92.4 cm³/mol. The zero-order valence-electron chi connectivity index (χ0n) is 13.7. The first-order valence-electron chi connectivity index (χ1n) is 8.07. The quantitative estimate of drug-likeness (QED) is 0.693. The van der Waals surface area contributed by atoms with Gasteiger partial charge in [-0.05, 0) is 24.5 Å². The highest BCUT2D eigenvalue weighted by Crippen LogP contribution is 2.15. The molecule has 0 aliphatic heterocycles. The minimum absolute atomic E-state index is 0.312. The molecule has 128 valence electrons. The molecule has 0 aliphatic carbocycles. The maximum atomic E-state index is 13.9. The Bertz CT molecular complexity index is 645. The Morgan fingerprint density at radius 3 is 2.50 bits per heavy atom. The number of hydrogen-bond donors (Lipinski definition) is 1. The van der Waals surface area contributed by atoms with Gasteiger partial charge in [-0.3, -0.25) is 4.90 Å². The molecule has 2 aromatic rings. The molecule has 0 radical (unpaired) electrons. The summed E-state index contributed by atoms with van der Waals surface area (Å²) in [4.78, 5) is 1.97. The third kappa shape index (κ3) is 5.87. The molecule has 0 spiro atoms. The van der Waals surface area contributed by atoms with Crippen LogP contribution in [0.15, 0.2) is 61.2 Å². The second kappa shape index (κ2) is 9.30. The number of hydrogen-bond acceptors (Lipinski definition) is 2. The highest BCUT2D eigenvalue weighted by Gasteiger charge is 2.15. The average molecular weight is 331 g/mol. The monoisotopic (exact) mass is 331 g/mol. The first-order chi connectivity index (χ1) is 11.6. The lowest BCUT2D eigenvalue weighted by atomic mass is 10.1. The molecule has 0 unspecified atom stereocenters. The van der Waals surface area contributed by atoms with Crippen LogP contribution < -0.4 is 0 Å². The molecule has 0 bridgehead atoms. The van der Waals surface area contributed by atoms with E-state index < -0.39 is 17.7 Å². The molecule has 1 atom stereocenters. The molecule has 0 amide bonds. The van der Waals surface area contributed by atoms with Crippen LogP contribution in [0.4, 0.5) is 8.78 Å². The Labute approximate surface area is 142 Å². The topological polar surface area (TPSA) is 23.5 Å². The van der Waals surface area contributed by atoms with Gasteiger partial charge in [-0.15, -0.1) is 6.58 Å². The van der Waals surface area contributed by atoms with Gasteiger partial charge in [0.2, 0.25) is 0 Å². The van der Waals surface area contributed by atoms with Crippen LogP contribution in [0.25, 0.3) is 0 Å². The first kappa shape index (κ1) is 18.3. The van der Waals surface area contributed by atoms with Gasteiger partial charge < -0.3 is 5.11 Å². The average Bonchev–Trinajstić information content (AvgIpc) is 2.56. The molecule has 2 rings (SSSR count). The molecule has 0 aromatic heterocycles. The molecule has 4 heteroatoms. The van der Waals surface area contributed by atoms with Gasteiger partial charge in [-0.2, -0.15) is 0 Å². The van der Waals surface area contributed by atoms with Crippen LogP contribution in [-0.2, 0) is 13.1 Å². The molecule has 1 N–H and O–H groups in total. The van der Waals surface area contributed by atoms with Crippen molar-refractivity contribution in [3.05, 3.63) is 83.9 Å². The summed E-state index contributed by atoms with van der Waals surface area (Å²) in [6.45, 7) is 4.97. The van der Waals surface area contributed by atoms with E-state index in [1.54, 1.807) is 6.08 Å². The van der Waals surface area contributed by atoms with Gasteiger partial charge in [0, 0.05) is 31.3 Å². The molecule has 2 nitrogen and oxygen atoms in total. The van der Waals surface area contributed by atoms with Gasteiger partial charge in [0.1, 0.15) is 11.6 Å². The Kier molecular flexibility index (Phi) is 7.09. The normalized spacial score (nSPS) is 12.3. The summed E-state index contributed by atoms with van der Waals surface area (Å²) in [5.41, 5.74) is 1.50. The summed E-state index contributed by atoms with van der Waals surface area (Å²) >= 11 is 0. The number of rotatable bonds is 9. The fraction of sp³-hybridized carbons (Fsp3) is 0.300. The molecule has 0 saturated heterocycles. The van der Waals surface area contributed by atoms with E-state index in [1.807, 2.05) is 35.2 Å². The van der Waals surface area contributed by atoms with Crippen molar-refractivity contribution in [2.45, 2.75) is 32.0 Å². The van der Waals surface area contributed by atoms with Crippen molar-refractivity contribution in [1.29, 1.82) is 0 Å². The van der Waals surface area contributed by atoms with Crippen molar-refractivity contribution in [3.63, 3.8) is 0 Å². The second-order valence-electron chi connectivity index (χ2n) is 5.91. The van der Waals surface area contributed by atoms with Gasteiger partial charge in [-0.25, -0.2) is 8.78 Å². The molecule has 2 aromatic carbocycles. The van der Waals surface area contributed by atoms with Crippen molar-refractivity contribution in [3.8, 4) is 0 Å². The molecular weight excluding hydrogens is 308 g/mol. The largest absolute Gasteiger partial charge is 0.392 e. The van der Waals surface area contributed by atoms with Gasteiger partial charge in [-0.1, -0.05) is 42.5 Å². The summed E-state index contributed by atoms with van der Waals surface area (Å²) in [6.07, 6.45) is 2.59. The summed E-state index contributed by atoms with van der Waals surface area (Å²) in [5.74, 6) is -1.15. The third-order valence-corrected chi connectivity index (χ3v) is 3.83. The number of allylic oxidation sites excluding steroid dienone is 1. The smallest absolute Gasteiger partial charge is 0.130 e. The van der Waals surface area contributed by atoms with E-state index in [4.69, 9.17) is 0 Å². The van der Waals surface area contributed by atoms with E-state index in [9.17, 15) is 13.9 Å². The lowest BCUT2D eigenvalue weighted by molar-refractivity contribution is 0.0977. The van der Waals surface area contributed by atoms with Gasteiger partial charge in [0.05, 0.1) is 6.10 Å². The molecule has 0 heterocycles. The van der Waals surface area contributed by atoms with E-state index in [-0.39, 0.29) is 0 Å². The van der Waals surface area contributed by atoms with E-state index in [1.165, 1.54) is 12.1 Å². The van der Waals surface area contributed by atoms with Crippen LogP contribution in [0.2, 0.25) is 0 Å². The molecule has 24 heavy (non-hydrogen) atoms. The number of aliphatic hydroxyl groups is 1. The third-order valence-electron chi connectivity index (χ3n) is 3.83. The first-order valence-corrected chi connectivity index (χ1v) is 8.07. The molecule has 0 saturated carbocycles. The SMILES string of the molecule is C=CCC[C@H](O)CN(Cc1ccccc1)Cc1ccc(F)cc1F. The molecule has 0 aliphatic rings. The van der Waals surface area contributed by atoms with Crippen LogP contribution in [-0.4, -0.2) is 22.7 Å². The van der Waals surface area contributed by atoms with Gasteiger partial charge in [0.25, 0.3) is 0 Å². The highest BCUT2D eigenvalue weighted by atomic mass is 19.1. The Morgan fingerprint density at radius 1 is 1.08 bits per heavy atom. The predicted octanol–water partition coefficient (Wildman–Crippen LogP) is 4.29. The van der Waals surface area contributed by atoms with Crippen molar-refractivity contribution < 1.29 is 13.9 Å². The summed E-state index contributed by atoms with van der Waals surface area (Å²) < 4.78 is 27.0. The zero-order valence-corrected chi connectivity index (χ0v) is 13.7. The standard InChI is InChI=1S/C20H23F2NO/c1-2-3-9-19(24)15-23(13-16-7-5-4-6-8-16)14-17-10-11-18(21)12-20(17)22/h2,4-8,10-12,19,24H,1,3,9,13-15H2/t19-/m0/s1. The maximum absolute atomic E-state index is 13.9. The van der Waals surface area contributed by atoms with Crippen LogP contribution in [0.5, 0.6) is 0 Å². The van der Waals surface area contributed by atoms with Crippen molar-refractivity contribution >= 4 is 0 Å². The van der Waals surface area contributed by atoms with Crippen molar-refractivity contribution in [2.75, 3.05) is 6.54 Å². The number of benzene rings is 2. The van der Waals surface area contributed by atoms with E-state index in [0.717, 1.165) is 18.1 Å². The molecule has 0 fully saturated rings. The Balaban J connectivity index is 2.10. The van der Waals surface area contributed by atoms with Crippen LogP contribution >= 0.6 is 0 Å². The van der Waals surface area contributed by atoms with E-state index in [2.05, 4.69) is 6.58 Å². The number of nitrogens with zero attached hydrogens (tertiary/aromatic N) is 1. The lowest BCUT2D eigenvalue weighted by Gasteiger charge is -2.25. The van der Waals surface area contributed by atoms with Crippen molar-refractivity contribution in [1.82, 2.24) is 4.90 Å². The van der Waals surface area contributed by atoms with Crippen molar-refractivity contribution in [2.24, 2.45) is 0 Å². The minimum atomic E-state index is -0.586. The number of aliphatic hydroxyl groups excluding tert-OH is 1. The van der Waals surface area contributed by atoms with E-state index in [0.29, 0.717) is 31.6 Å². The van der Waals surface area contributed by atoms with Crippen LogP contribution in [0.3, 0.4) is 0 Å². The Hall–Kier alpha value is -2.04. The van der Waals surface area contributed by atoms with Crippen LogP contribution in [0, 0.1) is 11.6 Å². The second-order valence-corrected chi connectivity index (χ2v) is 5.91. The Morgan fingerprint density at radius 2 is 1.83 bits per heavy atom. The highest BCUT2D eigenvalue weighted by molar-refractivity contribution is 5.19. The number of halogens is 2. The van der Waals surface area contributed by atoms with Gasteiger partial charge in [0.15, 0.2) is 0 Å². The maximum Gasteiger partial charge on any atom is 0.130 e. The fourth-order valence-corrected chi connectivity index (χ4v) is 2.62. The van der Waals surface area contributed by atoms with Crippen LogP contribution in [0.1, 0.15) is 24.0 Å². The summed E-state index contributed by atoms with van der Waals surface area (Å²) in [5, 5.41) is 10.2. The van der Waals surface area contributed by atoms with Gasteiger partial charge >= 0.3 is 0 Å². The minimum Gasteiger partial charge on any atom is -0.392 e. The fourth-order valence-electron chi connectivity index (χ4n) is 2.62. The molecular formula is C20H23F2NO.